The standard InChI is InChI=1S/C11H25NO2S/c1-10(2)5-7-14-8-6-12-9-11(3)15(4)13/h10-12H,5-9H2,1-4H3. The molecule has 0 heterocycles. The van der Waals surface area contributed by atoms with Gasteiger partial charge in [-0.15, -0.1) is 0 Å². The van der Waals surface area contributed by atoms with Crippen molar-refractivity contribution in [3.05, 3.63) is 0 Å². The highest BCUT2D eigenvalue weighted by Gasteiger charge is 2.04. The molecule has 2 atom stereocenters. The molecule has 0 aromatic rings. The quantitative estimate of drug-likeness (QED) is 0.614. The topological polar surface area (TPSA) is 38.3 Å². The zero-order valence-corrected chi connectivity index (χ0v) is 11.2. The van der Waals surface area contributed by atoms with Gasteiger partial charge in [0, 0.05) is 42.0 Å². The van der Waals surface area contributed by atoms with E-state index in [4.69, 9.17) is 4.74 Å². The molecule has 0 aliphatic rings. The second kappa shape index (κ2) is 9.31. The Hall–Kier alpha value is 0.0700. The van der Waals surface area contributed by atoms with Crippen LogP contribution < -0.4 is 5.32 Å². The molecule has 3 nitrogen and oxygen atoms in total. The number of nitrogens with one attached hydrogen (secondary N) is 1. The SMILES string of the molecule is CC(C)CCOCCNCC(C)S(C)=O. The van der Waals surface area contributed by atoms with Gasteiger partial charge in [-0.1, -0.05) is 13.8 Å². The van der Waals surface area contributed by atoms with Crippen LogP contribution in [0.4, 0.5) is 0 Å². The third-order valence-corrected chi connectivity index (χ3v) is 3.56. The molecule has 0 saturated carbocycles. The Kier molecular flexibility index (Phi) is 9.35. The highest BCUT2D eigenvalue weighted by molar-refractivity contribution is 7.84. The molecule has 0 aliphatic carbocycles. The fourth-order valence-electron chi connectivity index (χ4n) is 0.988. The predicted molar refractivity (Wildman–Crippen MR) is 66.7 cm³/mol. The van der Waals surface area contributed by atoms with Crippen molar-refractivity contribution in [1.82, 2.24) is 5.32 Å². The first-order valence-electron chi connectivity index (χ1n) is 5.64. The minimum atomic E-state index is -0.729. The molecule has 0 saturated heterocycles. The van der Waals surface area contributed by atoms with Crippen molar-refractivity contribution in [2.24, 2.45) is 5.92 Å². The normalized spacial score (nSPS) is 15.5. The van der Waals surface area contributed by atoms with E-state index in [1.54, 1.807) is 6.26 Å². The van der Waals surface area contributed by atoms with Crippen molar-refractivity contribution in [3.8, 4) is 0 Å². The lowest BCUT2D eigenvalue weighted by molar-refractivity contribution is 0.125. The molecular formula is C11H25NO2S. The second-order valence-corrected chi connectivity index (χ2v) is 6.11. The van der Waals surface area contributed by atoms with Gasteiger partial charge in [0.1, 0.15) is 0 Å². The van der Waals surface area contributed by atoms with Crippen molar-refractivity contribution in [2.45, 2.75) is 32.4 Å². The molecule has 0 radical (unpaired) electrons. The smallest absolute Gasteiger partial charge is 0.0590 e. The van der Waals surface area contributed by atoms with E-state index in [-0.39, 0.29) is 5.25 Å². The van der Waals surface area contributed by atoms with E-state index in [0.29, 0.717) is 5.92 Å². The van der Waals surface area contributed by atoms with Crippen LogP contribution in [0.15, 0.2) is 0 Å². The van der Waals surface area contributed by atoms with E-state index in [9.17, 15) is 4.21 Å². The Morgan fingerprint density at radius 3 is 2.47 bits per heavy atom. The van der Waals surface area contributed by atoms with E-state index in [2.05, 4.69) is 19.2 Å². The van der Waals surface area contributed by atoms with Crippen molar-refractivity contribution < 1.29 is 8.95 Å². The van der Waals surface area contributed by atoms with Gasteiger partial charge in [-0.2, -0.15) is 0 Å². The first kappa shape index (κ1) is 15.1. The molecule has 1 N–H and O–H groups in total. The van der Waals surface area contributed by atoms with Crippen LogP contribution in [0.1, 0.15) is 27.2 Å². The maximum Gasteiger partial charge on any atom is 0.0590 e. The molecule has 15 heavy (non-hydrogen) atoms. The average molecular weight is 235 g/mol. The maximum atomic E-state index is 11.0. The van der Waals surface area contributed by atoms with Crippen LogP contribution in [0.3, 0.4) is 0 Å². The largest absolute Gasteiger partial charge is 0.380 e. The van der Waals surface area contributed by atoms with Crippen LogP contribution in [0.2, 0.25) is 0 Å². The summed E-state index contributed by atoms with van der Waals surface area (Å²) in [5.74, 6) is 0.709. The number of ether oxygens (including phenoxy) is 1. The van der Waals surface area contributed by atoms with Gasteiger partial charge in [0.05, 0.1) is 6.61 Å². The summed E-state index contributed by atoms with van der Waals surface area (Å²) in [7, 11) is -0.729. The lowest BCUT2D eigenvalue weighted by Gasteiger charge is -2.10. The second-order valence-electron chi connectivity index (χ2n) is 4.31. The third-order valence-electron chi connectivity index (χ3n) is 2.26. The number of hydrogen-bond donors (Lipinski definition) is 1. The summed E-state index contributed by atoms with van der Waals surface area (Å²) in [4.78, 5) is 0. The van der Waals surface area contributed by atoms with Gasteiger partial charge >= 0.3 is 0 Å². The minimum Gasteiger partial charge on any atom is -0.380 e. The first-order chi connectivity index (χ1) is 7.04. The Balaban J connectivity index is 3.15. The molecule has 0 bridgehead atoms. The monoisotopic (exact) mass is 235 g/mol. The lowest BCUT2D eigenvalue weighted by atomic mass is 10.1. The van der Waals surface area contributed by atoms with Crippen LogP contribution in [-0.2, 0) is 15.5 Å². The van der Waals surface area contributed by atoms with Crippen molar-refractivity contribution in [1.29, 1.82) is 0 Å². The minimum absolute atomic E-state index is 0.223. The third kappa shape index (κ3) is 10.4. The lowest BCUT2D eigenvalue weighted by Crippen LogP contribution is -2.30. The van der Waals surface area contributed by atoms with Crippen LogP contribution in [0.25, 0.3) is 0 Å². The van der Waals surface area contributed by atoms with Gasteiger partial charge in [0.15, 0.2) is 0 Å². The van der Waals surface area contributed by atoms with Crippen LogP contribution in [0, 0.1) is 5.92 Å². The predicted octanol–water partition coefficient (Wildman–Crippen LogP) is 1.41. The summed E-state index contributed by atoms with van der Waals surface area (Å²) in [6, 6.07) is 0. The Morgan fingerprint density at radius 2 is 1.93 bits per heavy atom. The van der Waals surface area contributed by atoms with E-state index in [0.717, 1.165) is 32.7 Å². The highest BCUT2D eigenvalue weighted by atomic mass is 32.2. The number of rotatable bonds is 9. The van der Waals surface area contributed by atoms with Crippen molar-refractivity contribution in [3.63, 3.8) is 0 Å². The van der Waals surface area contributed by atoms with Gasteiger partial charge in [-0.25, -0.2) is 0 Å². The van der Waals surface area contributed by atoms with E-state index in [1.807, 2.05) is 6.92 Å². The molecule has 4 heteroatoms. The summed E-state index contributed by atoms with van der Waals surface area (Å²) >= 11 is 0. The van der Waals surface area contributed by atoms with Crippen molar-refractivity contribution in [2.75, 3.05) is 32.6 Å². The molecule has 0 aliphatic heterocycles. The highest BCUT2D eigenvalue weighted by Crippen LogP contribution is 1.98. The van der Waals surface area contributed by atoms with E-state index >= 15 is 0 Å². The average Bonchev–Trinajstić information content (AvgIpc) is 2.15. The summed E-state index contributed by atoms with van der Waals surface area (Å²) < 4.78 is 16.5. The molecule has 2 unspecified atom stereocenters. The van der Waals surface area contributed by atoms with Gasteiger partial charge in [-0.05, 0) is 19.3 Å². The zero-order valence-electron chi connectivity index (χ0n) is 10.4. The van der Waals surface area contributed by atoms with Gasteiger partial charge in [0.2, 0.25) is 0 Å². The van der Waals surface area contributed by atoms with Crippen molar-refractivity contribution >= 4 is 10.8 Å². The fourth-order valence-corrected chi connectivity index (χ4v) is 1.34. The van der Waals surface area contributed by atoms with Gasteiger partial charge in [-0.3, -0.25) is 4.21 Å². The van der Waals surface area contributed by atoms with Crippen LogP contribution in [0.5, 0.6) is 0 Å². The van der Waals surface area contributed by atoms with E-state index < -0.39 is 10.8 Å². The molecule has 0 aromatic heterocycles. The van der Waals surface area contributed by atoms with Gasteiger partial charge < -0.3 is 10.1 Å². The molecule has 0 spiro atoms. The Bertz CT molecular complexity index is 174. The molecule has 92 valence electrons. The summed E-state index contributed by atoms with van der Waals surface area (Å²) in [5, 5.41) is 3.46. The number of hydrogen-bond acceptors (Lipinski definition) is 3. The van der Waals surface area contributed by atoms with Crippen LogP contribution in [-0.4, -0.2) is 42.0 Å². The summed E-state index contributed by atoms with van der Waals surface area (Å²) in [6.45, 7) is 9.61. The van der Waals surface area contributed by atoms with Crippen LogP contribution >= 0.6 is 0 Å². The molecule has 0 amide bonds. The Labute approximate surface area is 96.4 Å². The first-order valence-corrected chi connectivity index (χ1v) is 7.26. The van der Waals surface area contributed by atoms with E-state index in [1.165, 1.54) is 0 Å². The zero-order chi connectivity index (χ0) is 11.7. The molecule has 0 rings (SSSR count). The van der Waals surface area contributed by atoms with Gasteiger partial charge in [0.25, 0.3) is 0 Å². The Morgan fingerprint density at radius 1 is 1.27 bits per heavy atom. The molecule has 0 aromatic carbocycles. The molecule has 0 fully saturated rings. The summed E-state index contributed by atoms with van der Waals surface area (Å²) in [6.07, 6.45) is 2.86. The summed E-state index contributed by atoms with van der Waals surface area (Å²) in [5.41, 5.74) is 0. The maximum absolute atomic E-state index is 11.0. The molecular weight excluding hydrogens is 210 g/mol. The fraction of sp³-hybridized carbons (Fsp3) is 1.00.